The molecule has 21 heavy (non-hydrogen) atoms. The highest BCUT2D eigenvalue weighted by atomic mass is 16.6. The average Bonchev–Trinajstić information content (AvgIpc) is 2.79. The summed E-state index contributed by atoms with van der Waals surface area (Å²) in [5.74, 6) is 0. The minimum absolute atomic E-state index is 0.235. The van der Waals surface area contributed by atoms with E-state index in [1.807, 2.05) is 27.7 Å². The van der Waals surface area contributed by atoms with Crippen LogP contribution in [0.15, 0.2) is 12.4 Å². The van der Waals surface area contributed by atoms with Crippen molar-refractivity contribution in [2.45, 2.75) is 33.3 Å². The number of carbonyl (C=O) groups excluding carboxylic acids is 2. The molecule has 1 heterocycles. The van der Waals surface area contributed by atoms with Crippen molar-refractivity contribution < 1.29 is 14.3 Å². The lowest BCUT2D eigenvalue weighted by Gasteiger charge is -2.26. The Morgan fingerprint density at radius 2 is 1.81 bits per heavy atom. The van der Waals surface area contributed by atoms with E-state index in [2.05, 4.69) is 5.10 Å². The molecule has 0 radical (unpaired) electrons. The van der Waals surface area contributed by atoms with Gasteiger partial charge in [0.15, 0.2) is 0 Å². The first-order valence-corrected chi connectivity index (χ1v) is 6.81. The molecule has 0 bridgehead atoms. The number of aromatic nitrogens is 2. The quantitative estimate of drug-likeness (QED) is 0.855. The van der Waals surface area contributed by atoms with Crippen molar-refractivity contribution in [3.63, 3.8) is 0 Å². The van der Waals surface area contributed by atoms with Gasteiger partial charge in [0, 0.05) is 33.4 Å². The molecule has 0 unspecified atom stereocenters. The fraction of sp³-hybridized carbons (Fsp3) is 0.643. The minimum Gasteiger partial charge on any atom is -0.444 e. The highest BCUT2D eigenvalue weighted by Crippen LogP contribution is 2.09. The Hall–Kier alpha value is -2.05. The van der Waals surface area contributed by atoms with Gasteiger partial charge in [0.1, 0.15) is 5.60 Å². The van der Waals surface area contributed by atoms with Gasteiger partial charge in [-0.2, -0.15) is 9.78 Å². The van der Waals surface area contributed by atoms with Crippen LogP contribution in [0.25, 0.3) is 0 Å². The zero-order chi connectivity index (χ0) is 16.2. The van der Waals surface area contributed by atoms with E-state index >= 15 is 0 Å². The third kappa shape index (κ3) is 5.45. The fourth-order valence-electron chi connectivity index (χ4n) is 1.52. The lowest BCUT2D eigenvalue weighted by atomic mass is 10.2. The molecule has 0 aliphatic heterocycles. The zero-order valence-corrected chi connectivity index (χ0v) is 13.6. The molecule has 0 N–H and O–H groups in total. The van der Waals surface area contributed by atoms with Crippen LogP contribution in [0.2, 0.25) is 0 Å². The van der Waals surface area contributed by atoms with Crippen molar-refractivity contribution in [1.82, 2.24) is 19.6 Å². The molecule has 0 fully saturated rings. The molecular weight excluding hydrogens is 272 g/mol. The number of carbonyl (C=O) groups is 2. The summed E-state index contributed by atoms with van der Waals surface area (Å²) >= 11 is 0. The maximum atomic E-state index is 12.1. The van der Waals surface area contributed by atoms with Crippen LogP contribution in [0, 0.1) is 6.92 Å². The monoisotopic (exact) mass is 296 g/mol. The summed E-state index contributed by atoms with van der Waals surface area (Å²) in [6, 6.07) is -0.235. The van der Waals surface area contributed by atoms with Gasteiger partial charge in [-0.1, -0.05) is 0 Å². The molecule has 1 aromatic rings. The topological polar surface area (TPSA) is 67.7 Å². The van der Waals surface area contributed by atoms with Crippen molar-refractivity contribution in [1.29, 1.82) is 0 Å². The fourth-order valence-corrected chi connectivity index (χ4v) is 1.52. The smallest absolute Gasteiger partial charge is 0.410 e. The second-order valence-electron chi connectivity index (χ2n) is 6.07. The van der Waals surface area contributed by atoms with Crippen LogP contribution in [0.3, 0.4) is 0 Å². The summed E-state index contributed by atoms with van der Waals surface area (Å²) in [6.45, 7) is 8.09. The van der Waals surface area contributed by atoms with Crippen LogP contribution in [0.5, 0.6) is 0 Å². The van der Waals surface area contributed by atoms with Crippen molar-refractivity contribution in [2.75, 3.05) is 27.2 Å². The van der Waals surface area contributed by atoms with Gasteiger partial charge in [-0.25, -0.2) is 9.59 Å². The maximum Gasteiger partial charge on any atom is 0.410 e. The van der Waals surface area contributed by atoms with E-state index in [1.165, 1.54) is 14.5 Å². The molecule has 0 aromatic carbocycles. The first kappa shape index (κ1) is 17.0. The van der Waals surface area contributed by atoms with E-state index in [0.29, 0.717) is 13.1 Å². The van der Waals surface area contributed by atoms with Crippen LogP contribution in [0.1, 0.15) is 26.3 Å². The Bertz CT molecular complexity index is 505. The predicted octanol–water partition coefficient (Wildman–Crippen LogP) is 1.96. The molecule has 0 aliphatic carbocycles. The molecule has 2 amide bonds. The summed E-state index contributed by atoms with van der Waals surface area (Å²) in [7, 11) is 3.31. The predicted molar refractivity (Wildman–Crippen MR) is 79.3 cm³/mol. The number of ether oxygens (including phenoxy) is 1. The van der Waals surface area contributed by atoms with Crippen molar-refractivity contribution >= 4 is 12.1 Å². The van der Waals surface area contributed by atoms with Gasteiger partial charge in [0.05, 0.1) is 6.20 Å². The molecule has 118 valence electrons. The van der Waals surface area contributed by atoms with E-state index in [0.717, 1.165) is 5.56 Å². The van der Waals surface area contributed by atoms with Gasteiger partial charge >= 0.3 is 12.1 Å². The summed E-state index contributed by atoms with van der Waals surface area (Å²) in [5, 5.41) is 3.97. The average molecular weight is 296 g/mol. The normalized spacial score (nSPS) is 11.1. The van der Waals surface area contributed by atoms with Crippen LogP contribution in [-0.4, -0.2) is 64.5 Å². The molecule has 0 aliphatic rings. The molecule has 0 atom stereocenters. The zero-order valence-electron chi connectivity index (χ0n) is 13.6. The van der Waals surface area contributed by atoms with Crippen molar-refractivity contribution in [3.8, 4) is 0 Å². The van der Waals surface area contributed by atoms with Gasteiger partial charge < -0.3 is 14.5 Å². The van der Waals surface area contributed by atoms with E-state index in [1.54, 1.807) is 26.5 Å². The molecule has 0 spiro atoms. The Morgan fingerprint density at radius 3 is 2.29 bits per heavy atom. The largest absolute Gasteiger partial charge is 0.444 e. The first-order valence-electron chi connectivity index (χ1n) is 6.81. The van der Waals surface area contributed by atoms with Crippen LogP contribution in [-0.2, 0) is 4.74 Å². The Balaban J connectivity index is 2.47. The minimum atomic E-state index is -0.528. The number of rotatable bonds is 3. The van der Waals surface area contributed by atoms with E-state index in [4.69, 9.17) is 4.74 Å². The summed E-state index contributed by atoms with van der Waals surface area (Å²) in [6.07, 6.45) is 2.88. The van der Waals surface area contributed by atoms with E-state index in [-0.39, 0.29) is 6.03 Å². The number of hydrogen-bond acceptors (Lipinski definition) is 4. The first-order chi connectivity index (χ1) is 9.60. The van der Waals surface area contributed by atoms with Crippen LogP contribution >= 0.6 is 0 Å². The van der Waals surface area contributed by atoms with Crippen molar-refractivity contribution in [2.24, 2.45) is 0 Å². The van der Waals surface area contributed by atoms with Crippen LogP contribution < -0.4 is 0 Å². The summed E-state index contributed by atoms with van der Waals surface area (Å²) in [4.78, 5) is 26.8. The second-order valence-corrected chi connectivity index (χ2v) is 6.07. The number of nitrogens with zero attached hydrogens (tertiary/aromatic N) is 4. The number of likely N-dealkylation sites (N-methyl/N-ethyl adjacent to an activating group) is 2. The molecule has 1 rings (SSSR count). The Kier molecular flexibility index (Phi) is 5.34. The number of aryl methyl sites for hydroxylation is 1. The second kappa shape index (κ2) is 6.60. The highest BCUT2D eigenvalue weighted by Gasteiger charge is 2.20. The molecule has 0 saturated heterocycles. The molecule has 1 aromatic heterocycles. The van der Waals surface area contributed by atoms with E-state index in [9.17, 15) is 9.59 Å². The Morgan fingerprint density at radius 1 is 1.24 bits per heavy atom. The highest BCUT2D eigenvalue weighted by molar-refractivity contribution is 5.75. The lowest BCUT2D eigenvalue weighted by molar-refractivity contribution is 0.0290. The lowest BCUT2D eigenvalue weighted by Crippen LogP contribution is -2.41. The van der Waals surface area contributed by atoms with Crippen LogP contribution in [0.4, 0.5) is 9.59 Å². The molecule has 0 saturated carbocycles. The molecular formula is C14H24N4O3. The number of amides is 2. The maximum absolute atomic E-state index is 12.1. The third-order valence-corrected chi connectivity index (χ3v) is 2.71. The van der Waals surface area contributed by atoms with Crippen molar-refractivity contribution in [3.05, 3.63) is 18.0 Å². The van der Waals surface area contributed by atoms with Gasteiger partial charge in [-0.15, -0.1) is 0 Å². The summed E-state index contributed by atoms with van der Waals surface area (Å²) < 4.78 is 6.53. The number of hydrogen-bond donors (Lipinski definition) is 0. The molecule has 7 nitrogen and oxygen atoms in total. The Labute approximate surface area is 125 Å². The van der Waals surface area contributed by atoms with Gasteiger partial charge in [0.25, 0.3) is 0 Å². The van der Waals surface area contributed by atoms with E-state index < -0.39 is 11.7 Å². The molecule has 7 heteroatoms. The standard InChI is InChI=1S/C14H24N4O3/c1-11-9-15-18(10-11)12(19)16(5)7-8-17(6)13(20)21-14(2,3)4/h9-10H,7-8H2,1-6H3. The SMILES string of the molecule is Cc1cnn(C(=O)N(C)CCN(C)C(=O)OC(C)(C)C)c1. The summed E-state index contributed by atoms with van der Waals surface area (Å²) in [5.41, 5.74) is 0.391. The van der Waals surface area contributed by atoms with Gasteiger partial charge in [0.2, 0.25) is 0 Å². The van der Waals surface area contributed by atoms with Gasteiger partial charge in [-0.3, -0.25) is 0 Å². The van der Waals surface area contributed by atoms with Gasteiger partial charge in [-0.05, 0) is 33.3 Å². The third-order valence-electron chi connectivity index (χ3n) is 2.71.